The highest BCUT2D eigenvalue weighted by Gasteiger charge is 2.06. The number of methoxy groups -OCH3 is 1. The van der Waals surface area contributed by atoms with E-state index >= 15 is 0 Å². The first-order valence-corrected chi connectivity index (χ1v) is 10.1. The molecule has 1 amide bonds. The molecule has 0 aliphatic rings. The summed E-state index contributed by atoms with van der Waals surface area (Å²) >= 11 is 0. The molecule has 0 aromatic heterocycles. The summed E-state index contributed by atoms with van der Waals surface area (Å²) in [4.78, 5) is 16.9. The first-order valence-electron chi connectivity index (χ1n) is 10.1. The molecule has 0 aliphatic heterocycles. The van der Waals surface area contributed by atoms with E-state index in [2.05, 4.69) is 10.5 Å². The van der Waals surface area contributed by atoms with Gasteiger partial charge in [0, 0.05) is 12.1 Å². The average molecular weight is 436 g/mol. The molecule has 0 atom stereocenters. The lowest BCUT2D eigenvalue weighted by atomic mass is 10.1. The molecule has 0 unspecified atom stereocenters. The van der Waals surface area contributed by atoms with Crippen LogP contribution in [0.2, 0.25) is 0 Å². The number of carbonyl (C=O) groups is 1. The minimum absolute atomic E-state index is 0.213. The zero-order valence-electron chi connectivity index (χ0n) is 18.0. The smallest absolute Gasteiger partial charge is 0.261 e. The van der Waals surface area contributed by atoms with Crippen LogP contribution < -0.4 is 14.8 Å². The molecule has 166 valence electrons. The zero-order valence-corrected chi connectivity index (χ0v) is 18.0. The number of nitrogens with one attached hydrogen (secondary N) is 1. The van der Waals surface area contributed by atoms with Crippen molar-refractivity contribution in [3.63, 3.8) is 0 Å². The molecule has 0 saturated carbocycles. The first-order chi connectivity index (χ1) is 15.5. The second kappa shape index (κ2) is 11.5. The largest absolute Gasteiger partial charge is 0.493 e. The standard InChI is InChI=1S/C25H25FN2O4/c1-18-8-9-20(12-22(18)26)14-27-25(29)17-32-28-15-21-10-11-23(24(13-21)30-2)31-16-19-6-4-3-5-7-19/h3-13,15H,14,16-17H2,1-2H3,(H,27,29)/b28-15+. The number of hydrogen-bond acceptors (Lipinski definition) is 5. The molecular formula is C25H25FN2O4. The summed E-state index contributed by atoms with van der Waals surface area (Å²) in [5.74, 6) is 0.518. The molecule has 0 fully saturated rings. The van der Waals surface area contributed by atoms with Crippen LogP contribution in [0.5, 0.6) is 11.5 Å². The van der Waals surface area contributed by atoms with E-state index in [1.165, 1.54) is 12.3 Å². The summed E-state index contributed by atoms with van der Waals surface area (Å²) in [7, 11) is 1.56. The van der Waals surface area contributed by atoms with Crippen molar-refractivity contribution in [1.29, 1.82) is 0 Å². The molecule has 1 N–H and O–H groups in total. The fourth-order valence-corrected chi connectivity index (χ4v) is 2.81. The van der Waals surface area contributed by atoms with Crippen LogP contribution >= 0.6 is 0 Å². The number of ether oxygens (including phenoxy) is 2. The summed E-state index contributed by atoms with van der Waals surface area (Å²) in [5.41, 5.74) is 3.01. The van der Waals surface area contributed by atoms with Crippen LogP contribution in [0.4, 0.5) is 4.39 Å². The van der Waals surface area contributed by atoms with Gasteiger partial charge in [0.15, 0.2) is 18.1 Å². The second-order valence-corrected chi connectivity index (χ2v) is 7.05. The molecule has 0 saturated heterocycles. The maximum atomic E-state index is 13.5. The first kappa shape index (κ1) is 22.8. The van der Waals surface area contributed by atoms with Crippen LogP contribution in [0.25, 0.3) is 0 Å². The minimum Gasteiger partial charge on any atom is -0.493 e. The molecule has 3 aromatic rings. The van der Waals surface area contributed by atoms with Crippen LogP contribution in [0.1, 0.15) is 22.3 Å². The van der Waals surface area contributed by atoms with Gasteiger partial charge in [-0.3, -0.25) is 4.79 Å². The Labute approximate surface area is 186 Å². The van der Waals surface area contributed by atoms with E-state index in [9.17, 15) is 9.18 Å². The topological polar surface area (TPSA) is 69.2 Å². The summed E-state index contributed by atoms with van der Waals surface area (Å²) < 4.78 is 24.8. The number of aryl methyl sites for hydroxylation is 1. The van der Waals surface area contributed by atoms with Crippen molar-refractivity contribution < 1.29 is 23.5 Å². The zero-order chi connectivity index (χ0) is 22.8. The monoisotopic (exact) mass is 436 g/mol. The van der Waals surface area contributed by atoms with Crippen molar-refractivity contribution in [2.45, 2.75) is 20.1 Å². The maximum Gasteiger partial charge on any atom is 0.261 e. The molecule has 32 heavy (non-hydrogen) atoms. The van der Waals surface area contributed by atoms with Crippen molar-refractivity contribution >= 4 is 12.1 Å². The summed E-state index contributed by atoms with van der Waals surface area (Å²) in [6.45, 7) is 2.08. The van der Waals surface area contributed by atoms with Crippen molar-refractivity contribution in [3.8, 4) is 11.5 Å². The number of oxime groups is 1. The Balaban J connectivity index is 1.46. The van der Waals surface area contributed by atoms with Gasteiger partial charge in [-0.25, -0.2) is 4.39 Å². The molecule has 6 nitrogen and oxygen atoms in total. The average Bonchev–Trinajstić information content (AvgIpc) is 2.82. The number of carbonyl (C=O) groups excluding carboxylic acids is 1. The van der Waals surface area contributed by atoms with Crippen LogP contribution in [0, 0.1) is 12.7 Å². The lowest BCUT2D eigenvalue weighted by molar-refractivity contribution is -0.125. The number of rotatable bonds is 10. The molecule has 0 heterocycles. The van der Waals surface area contributed by atoms with E-state index in [1.54, 1.807) is 38.3 Å². The van der Waals surface area contributed by atoms with Gasteiger partial charge in [0.05, 0.1) is 13.3 Å². The molecule has 0 bridgehead atoms. The molecule has 0 spiro atoms. The lowest BCUT2D eigenvalue weighted by Crippen LogP contribution is -2.26. The Morgan fingerprint density at radius 2 is 1.84 bits per heavy atom. The van der Waals surface area contributed by atoms with E-state index in [1.807, 2.05) is 36.4 Å². The highest BCUT2D eigenvalue weighted by molar-refractivity contribution is 5.81. The Bertz CT molecular complexity index is 1070. The van der Waals surface area contributed by atoms with Gasteiger partial charge < -0.3 is 19.6 Å². The van der Waals surface area contributed by atoms with E-state index < -0.39 is 0 Å². The van der Waals surface area contributed by atoms with Crippen LogP contribution in [-0.2, 0) is 22.8 Å². The third-order valence-corrected chi connectivity index (χ3v) is 4.62. The summed E-state index contributed by atoms with van der Waals surface area (Å²) in [5, 5.41) is 6.48. The third kappa shape index (κ3) is 6.84. The van der Waals surface area contributed by atoms with Gasteiger partial charge >= 0.3 is 0 Å². The van der Waals surface area contributed by atoms with Crippen LogP contribution in [0.15, 0.2) is 71.9 Å². The van der Waals surface area contributed by atoms with Crippen molar-refractivity contribution in [1.82, 2.24) is 5.32 Å². The molecule has 0 aliphatic carbocycles. The van der Waals surface area contributed by atoms with Gasteiger partial charge in [-0.2, -0.15) is 0 Å². The third-order valence-electron chi connectivity index (χ3n) is 4.62. The Kier molecular flexibility index (Phi) is 8.20. The van der Waals surface area contributed by atoms with Gasteiger partial charge in [-0.15, -0.1) is 0 Å². The lowest BCUT2D eigenvalue weighted by Gasteiger charge is -2.11. The number of benzene rings is 3. The molecule has 7 heteroatoms. The highest BCUT2D eigenvalue weighted by Crippen LogP contribution is 2.28. The second-order valence-electron chi connectivity index (χ2n) is 7.05. The van der Waals surface area contributed by atoms with Crippen molar-refractivity contribution in [2.75, 3.05) is 13.7 Å². The summed E-state index contributed by atoms with van der Waals surface area (Å²) in [6, 6.07) is 20.0. The predicted octanol–water partition coefficient (Wildman–Crippen LogP) is 4.39. The van der Waals surface area contributed by atoms with E-state index in [4.69, 9.17) is 14.3 Å². The van der Waals surface area contributed by atoms with E-state index in [0.717, 1.165) is 11.1 Å². The number of amides is 1. The number of halogens is 1. The molecule has 0 radical (unpaired) electrons. The predicted molar refractivity (Wildman–Crippen MR) is 120 cm³/mol. The number of nitrogens with zero attached hydrogens (tertiary/aromatic N) is 1. The quantitative estimate of drug-likeness (QED) is 0.378. The van der Waals surface area contributed by atoms with Crippen LogP contribution in [0.3, 0.4) is 0 Å². The SMILES string of the molecule is COc1cc(/C=N/OCC(=O)NCc2ccc(C)c(F)c2)ccc1OCc1ccccc1. The maximum absolute atomic E-state index is 13.5. The number of hydrogen-bond donors (Lipinski definition) is 1. The molecule has 3 aromatic carbocycles. The van der Waals surface area contributed by atoms with Crippen molar-refractivity contribution in [3.05, 3.63) is 94.8 Å². The Morgan fingerprint density at radius 3 is 2.59 bits per heavy atom. The highest BCUT2D eigenvalue weighted by atomic mass is 19.1. The van der Waals surface area contributed by atoms with Crippen LogP contribution in [-0.4, -0.2) is 25.8 Å². The normalized spacial score (nSPS) is 10.7. The molecular weight excluding hydrogens is 411 g/mol. The van der Waals surface area contributed by atoms with Gasteiger partial charge in [-0.1, -0.05) is 47.6 Å². The van der Waals surface area contributed by atoms with Crippen molar-refractivity contribution in [2.24, 2.45) is 5.16 Å². The van der Waals surface area contributed by atoms with Gasteiger partial charge in [0.2, 0.25) is 0 Å². The fourth-order valence-electron chi connectivity index (χ4n) is 2.81. The van der Waals surface area contributed by atoms with Gasteiger partial charge in [0.25, 0.3) is 5.91 Å². The fraction of sp³-hybridized carbons (Fsp3) is 0.200. The Morgan fingerprint density at radius 1 is 1.03 bits per heavy atom. The van der Waals surface area contributed by atoms with E-state index in [0.29, 0.717) is 29.2 Å². The molecule has 3 rings (SSSR count). The minimum atomic E-state index is -0.356. The Hall–Kier alpha value is -3.87. The summed E-state index contributed by atoms with van der Waals surface area (Å²) in [6.07, 6.45) is 1.48. The van der Waals surface area contributed by atoms with E-state index in [-0.39, 0.29) is 24.9 Å². The van der Waals surface area contributed by atoms with Gasteiger partial charge in [-0.05, 0) is 47.9 Å². The van der Waals surface area contributed by atoms with Gasteiger partial charge in [0.1, 0.15) is 12.4 Å².